The molecule has 0 fully saturated rings. The lowest BCUT2D eigenvalue weighted by Crippen LogP contribution is -2.01. The van der Waals surface area contributed by atoms with E-state index in [-0.39, 0.29) is 11.4 Å². The van der Waals surface area contributed by atoms with Gasteiger partial charge in [-0.2, -0.15) is 5.10 Å². The van der Waals surface area contributed by atoms with Crippen molar-refractivity contribution in [2.45, 2.75) is 6.92 Å². The number of hydrogen-bond donors (Lipinski definition) is 1. The zero-order valence-corrected chi connectivity index (χ0v) is 17.6. The largest absolute Gasteiger partial charge is 0.490 e. The van der Waals surface area contributed by atoms with Gasteiger partial charge in [0.25, 0.3) is 0 Å². The van der Waals surface area contributed by atoms with Crippen LogP contribution in [-0.2, 0) is 0 Å². The maximum Gasteiger partial charge on any atom is 0.311 e. The third-order valence-electron chi connectivity index (χ3n) is 5.05. The second kappa shape index (κ2) is 8.04. The number of nitrogens with one attached hydrogen (secondary N) is 1. The Bertz CT molecular complexity index is 1520. The molecule has 3 heterocycles. The Labute approximate surface area is 186 Å². The topological polar surface area (TPSA) is 130 Å². The number of hydrogen-bond acceptors (Lipinski definition) is 9. The lowest BCUT2D eigenvalue weighted by atomic mass is 10.1. The zero-order valence-electron chi connectivity index (χ0n) is 17.6. The van der Waals surface area contributed by atoms with Crippen LogP contribution in [-0.4, -0.2) is 36.6 Å². The minimum absolute atomic E-state index is 0.0983. The highest BCUT2D eigenvalue weighted by atomic mass is 16.6. The molecule has 0 radical (unpaired) electrons. The molecule has 0 saturated carbocycles. The van der Waals surface area contributed by atoms with Crippen LogP contribution in [0, 0.1) is 17.0 Å². The Hall–Kier alpha value is -4.80. The molecule has 1 N–H and O–H groups in total. The Morgan fingerprint density at radius 3 is 2.73 bits per heavy atom. The number of aromatic nitrogens is 5. The fourth-order valence-electron chi connectivity index (χ4n) is 3.52. The van der Waals surface area contributed by atoms with E-state index in [0.717, 1.165) is 11.3 Å². The van der Waals surface area contributed by atoms with Gasteiger partial charge in [-0.05, 0) is 42.8 Å². The van der Waals surface area contributed by atoms with Gasteiger partial charge in [0.1, 0.15) is 30.0 Å². The summed E-state index contributed by atoms with van der Waals surface area (Å²) in [6, 6.07) is 12.1. The number of benzene rings is 2. The fraction of sp³-hybridized carbons (Fsp3) is 0.0909. The van der Waals surface area contributed by atoms with Gasteiger partial charge < -0.3 is 14.8 Å². The molecule has 33 heavy (non-hydrogen) atoms. The zero-order chi connectivity index (χ0) is 22.9. The summed E-state index contributed by atoms with van der Waals surface area (Å²) in [5.74, 6) is 1.80. The maximum atomic E-state index is 11.4. The number of rotatable bonds is 6. The van der Waals surface area contributed by atoms with E-state index in [1.807, 2.05) is 25.1 Å². The Kier molecular flexibility index (Phi) is 4.90. The van der Waals surface area contributed by atoms with Gasteiger partial charge in [0.2, 0.25) is 5.75 Å². The monoisotopic (exact) mass is 443 g/mol. The average molecular weight is 443 g/mol. The number of methoxy groups -OCH3 is 1. The number of ether oxygens (including phenoxy) is 2. The molecule has 0 bridgehead atoms. The van der Waals surface area contributed by atoms with Gasteiger partial charge in [0.05, 0.1) is 22.9 Å². The number of anilines is 2. The quantitative estimate of drug-likeness (QED) is 0.299. The molecule has 3 aromatic heterocycles. The van der Waals surface area contributed by atoms with Crippen LogP contribution in [0.3, 0.4) is 0 Å². The molecule has 5 aromatic rings. The van der Waals surface area contributed by atoms with Crippen LogP contribution >= 0.6 is 0 Å². The van der Waals surface area contributed by atoms with Gasteiger partial charge >= 0.3 is 5.69 Å². The molecule has 0 spiro atoms. The van der Waals surface area contributed by atoms with E-state index in [1.54, 1.807) is 28.9 Å². The highest BCUT2D eigenvalue weighted by Crippen LogP contribution is 2.39. The molecule has 0 atom stereocenters. The Morgan fingerprint density at radius 1 is 1.06 bits per heavy atom. The fourth-order valence-corrected chi connectivity index (χ4v) is 3.52. The normalized spacial score (nSPS) is 11.0. The van der Waals surface area contributed by atoms with Crippen molar-refractivity contribution in [3.05, 3.63) is 77.0 Å². The molecule has 164 valence electrons. The van der Waals surface area contributed by atoms with E-state index in [1.165, 1.54) is 25.8 Å². The van der Waals surface area contributed by atoms with Crippen LogP contribution < -0.4 is 14.8 Å². The van der Waals surface area contributed by atoms with Crippen molar-refractivity contribution in [1.29, 1.82) is 0 Å². The van der Waals surface area contributed by atoms with E-state index in [9.17, 15) is 10.1 Å². The SMILES string of the molecule is COc1c([N+](=O)[O-])ccc2ncnc(Nc3ccc(Oc4ccn5ncnc5c4)c(C)c3)c12. The summed E-state index contributed by atoms with van der Waals surface area (Å²) >= 11 is 0. The summed E-state index contributed by atoms with van der Waals surface area (Å²) in [6.45, 7) is 1.92. The van der Waals surface area contributed by atoms with Crippen molar-refractivity contribution >= 4 is 33.7 Å². The van der Waals surface area contributed by atoms with E-state index in [0.29, 0.717) is 33.9 Å². The smallest absolute Gasteiger partial charge is 0.311 e. The van der Waals surface area contributed by atoms with Crippen molar-refractivity contribution in [2.75, 3.05) is 12.4 Å². The van der Waals surface area contributed by atoms with Crippen molar-refractivity contribution in [2.24, 2.45) is 0 Å². The molecule has 0 amide bonds. The third kappa shape index (κ3) is 3.71. The molecule has 11 heteroatoms. The van der Waals surface area contributed by atoms with Crippen LogP contribution in [0.15, 0.2) is 61.3 Å². The molecule has 0 aliphatic rings. The summed E-state index contributed by atoms with van der Waals surface area (Å²) < 4.78 is 13.0. The number of aryl methyl sites for hydroxylation is 1. The standard InChI is InChI=1S/C22H17N7O4/c1-13-9-14(3-6-18(13)33-15-7-8-28-19(10-15)24-12-26-28)27-22-20-16(23-11-25-22)4-5-17(29(30)31)21(20)32-2/h3-12H,1-2H3,(H,23,25,27). The number of nitro benzene ring substituents is 1. The van der Waals surface area contributed by atoms with E-state index >= 15 is 0 Å². The highest BCUT2D eigenvalue weighted by molar-refractivity contribution is 5.98. The number of pyridine rings is 1. The predicted octanol–water partition coefficient (Wildman–Crippen LogP) is 4.43. The highest BCUT2D eigenvalue weighted by Gasteiger charge is 2.21. The summed E-state index contributed by atoms with van der Waals surface area (Å²) in [5, 5.41) is 19.1. The minimum Gasteiger partial charge on any atom is -0.490 e. The molecule has 0 saturated heterocycles. The lowest BCUT2D eigenvalue weighted by molar-refractivity contribution is -0.385. The van der Waals surface area contributed by atoms with Crippen LogP contribution in [0.1, 0.15) is 5.56 Å². The molecule has 0 aliphatic carbocycles. The van der Waals surface area contributed by atoms with Crippen molar-refractivity contribution < 1.29 is 14.4 Å². The second-order valence-corrected chi connectivity index (χ2v) is 7.12. The summed E-state index contributed by atoms with van der Waals surface area (Å²) in [6.07, 6.45) is 4.64. The van der Waals surface area contributed by atoms with Crippen molar-refractivity contribution in [3.63, 3.8) is 0 Å². The van der Waals surface area contributed by atoms with Gasteiger partial charge in [0.15, 0.2) is 5.65 Å². The summed E-state index contributed by atoms with van der Waals surface area (Å²) in [7, 11) is 1.38. The van der Waals surface area contributed by atoms with E-state index in [2.05, 4.69) is 25.4 Å². The first kappa shape index (κ1) is 20.1. The number of fused-ring (bicyclic) bond motifs is 2. The Morgan fingerprint density at radius 2 is 1.94 bits per heavy atom. The minimum atomic E-state index is -0.498. The first-order chi connectivity index (χ1) is 16.0. The molecule has 11 nitrogen and oxygen atoms in total. The van der Waals surface area contributed by atoms with Crippen molar-refractivity contribution in [3.8, 4) is 17.2 Å². The summed E-state index contributed by atoms with van der Waals surface area (Å²) in [4.78, 5) is 23.6. The third-order valence-corrected chi connectivity index (χ3v) is 5.05. The van der Waals surface area contributed by atoms with Crippen LogP contribution in [0.2, 0.25) is 0 Å². The molecular weight excluding hydrogens is 426 g/mol. The van der Waals surface area contributed by atoms with Crippen LogP contribution in [0.4, 0.5) is 17.2 Å². The first-order valence-electron chi connectivity index (χ1n) is 9.84. The van der Waals surface area contributed by atoms with E-state index < -0.39 is 4.92 Å². The van der Waals surface area contributed by atoms with E-state index in [4.69, 9.17) is 9.47 Å². The van der Waals surface area contributed by atoms with Crippen LogP contribution in [0.5, 0.6) is 17.2 Å². The van der Waals surface area contributed by atoms with Crippen molar-refractivity contribution in [1.82, 2.24) is 24.6 Å². The summed E-state index contributed by atoms with van der Waals surface area (Å²) in [5.41, 5.74) is 2.64. The average Bonchev–Trinajstić information content (AvgIpc) is 3.28. The first-order valence-corrected chi connectivity index (χ1v) is 9.84. The molecule has 0 aliphatic heterocycles. The van der Waals surface area contributed by atoms with Crippen LogP contribution in [0.25, 0.3) is 16.6 Å². The second-order valence-electron chi connectivity index (χ2n) is 7.12. The van der Waals surface area contributed by atoms with Gasteiger partial charge in [-0.3, -0.25) is 10.1 Å². The molecule has 2 aromatic carbocycles. The number of nitrogens with zero attached hydrogens (tertiary/aromatic N) is 6. The maximum absolute atomic E-state index is 11.4. The predicted molar refractivity (Wildman–Crippen MR) is 120 cm³/mol. The molecular formula is C22H17N7O4. The number of nitro groups is 1. The van der Waals surface area contributed by atoms with Gasteiger partial charge in [-0.15, -0.1) is 0 Å². The molecule has 0 unspecified atom stereocenters. The van der Waals surface area contributed by atoms with Gasteiger partial charge in [-0.25, -0.2) is 19.5 Å². The lowest BCUT2D eigenvalue weighted by Gasteiger charge is -2.13. The Balaban J connectivity index is 1.47. The molecule has 5 rings (SSSR count). The van der Waals surface area contributed by atoms with Gasteiger partial charge in [-0.1, -0.05) is 0 Å². The van der Waals surface area contributed by atoms with Gasteiger partial charge in [0, 0.05) is 24.0 Å².